The van der Waals surface area contributed by atoms with Crippen LogP contribution < -0.4 is 0 Å². The summed E-state index contributed by atoms with van der Waals surface area (Å²) in [5.74, 6) is 0.953. The Morgan fingerprint density at radius 3 is 2.65 bits per heavy atom. The van der Waals surface area contributed by atoms with Crippen LogP contribution in [0.25, 0.3) is 0 Å². The molecule has 5 heteroatoms. The van der Waals surface area contributed by atoms with Crippen molar-refractivity contribution in [1.29, 1.82) is 0 Å². The third kappa shape index (κ3) is 4.40. The lowest BCUT2D eigenvalue weighted by Crippen LogP contribution is -2.48. The van der Waals surface area contributed by atoms with E-state index in [0.717, 1.165) is 15.7 Å². The molecule has 110 valence electrons. The highest BCUT2D eigenvalue weighted by molar-refractivity contribution is 7.99. The summed E-state index contributed by atoms with van der Waals surface area (Å²) in [5, 5.41) is 0.749. The van der Waals surface area contributed by atoms with Crippen molar-refractivity contribution in [2.24, 2.45) is 0 Å². The van der Waals surface area contributed by atoms with Crippen LogP contribution >= 0.6 is 23.4 Å². The van der Waals surface area contributed by atoms with E-state index in [1.807, 2.05) is 43.0 Å². The van der Waals surface area contributed by atoms with Gasteiger partial charge in [-0.15, -0.1) is 11.8 Å². The van der Waals surface area contributed by atoms with Crippen molar-refractivity contribution in [2.45, 2.75) is 37.4 Å². The first-order valence-corrected chi connectivity index (χ1v) is 8.23. The molecule has 1 amide bonds. The summed E-state index contributed by atoms with van der Waals surface area (Å²) in [4.78, 5) is 15.1. The van der Waals surface area contributed by atoms with Gasteiger partial charge in [-0.05, 0) is 26.0 Å². The fourth-order valence-corrected chi connectivity index (χ4v) is 3.53. The molecule has 1 aliphatic heterocycles. The highest BCUT2D eigenvalue weighted by Crippen LogP contribution is 2.27. The Morgan fingerprint density at radius 1 is 1.35 bits per heavy atom. The second-order valence-corrected chi connectivity index (χ2v) is 6.63. The molecule has 0 radical (unpaired) electrons. The lowest BCUT2D eigenvalue weighted by molar-refractivity contribution is -0.142. The van der Waals surface area contributed by atoms with Crippen LogP contribution in [0.5, 0.6) is 0 Å². The van der Waals surface area contributed by atoms with Crippen LogP contribution in [0.1, 0.15) is 20.3 Å². The first-order chi connectivity index (χ1) is 9.56. The largest absolute Gasteiger partial charge is 0.372 e. The first-order valence-electron chi connectivity index (χ1n) is 6.87. The molecule has 0 aliphatic carbocycles. The normalized spacial score (nSPS) is 22.9. The molecular formula is C15H20ClNO2S. The van der Waals surface area contributed by atoms with E-state index >= 15 is 0 Å². The number of halogens is 1. The van der Waals surface area contributed by atoms with E-state index in [1.54, 1.807) is 11.8 Å². The fourth-order valence-electron chi connectivity index (χ4n) is 2.35. The molecule has 3 nitrogen and oxygen atoms in total. The van der Waals surface area contributed by atoms with Crippen molar-refractivity contribution in [3.05, 3.63) is 29.3 Å². The maximum absolute atomic E-state index is 12.2. The second kappa shape index (κ2) is 7.34. The van der Waals surface area contributed by atoms with E-state index in [-0.39, 0.29) is 18.1 Å². The molecular weight excluding hydrogens is 294 g/mol. The molecule has 2 unspecified atom stereocenters. The Morgan fingerprint density at radius 2 is 2.00 bits per heavy atom. The molecule has 1 saturated heterocycles. The number of benzene rings is 1. The van der Waals surface area contributed by atoms with E-state index < -0.39 is 0 Å². The summed E-state index contributed by atoms with van der Waals surface area (Å²) in [6, 6.07) is 7.73. The molecule has 2 atom stereocenters. The maximum Gasteiger partial charge on any atom is 0.223 e. The number of carbonyl (C=O) groups is 1. The minimum atomic E-state index is 0.124. The van der Waals surface area contributed by atoms with Crippen molar-refractivity contribution >= 4 is 29.3 Å². The molecule has 1 aromatic carbocycles. The molecule has 20 heavy (non-hydrogen) atoms. The number of ether oxygens (including phenoxy) is 1. The molecule has 0 spiro atoms. The number of rotatable bonds is 4. The van der Waals surface area contributed by atoms with Gasteiger partial charge in [-0.25, -0.2) is 0 Å². The van der Waals surface area contributed by atoms with Gasteiger partial charge in [0.05, 0.1) is 17.2 Å². The molecule has 0 bridgehead atoms. The van der Waals surface area contributed by atoms with E-state index in [1.165, 1.54) is 0 Å². The highest BCUT2D eigenvalue weighted by atomic mass is 35.5. The van der Waals surface area contributed by atoms with Gasteiger partial charge in [0.1, 0.15) is 0 Å². The monoisotopic (exact) mass is 313 g/mol. The molecule has 1 heterocycles. The fraction of sp³-hybridized carbons (Fsp3) is 0.533. The van der Waals surface area contributed by atoms with Gasteiger partial charge >= 0.3 is 0 Å². The summed E-state index contributed by atoms with van der Waals surface area (Å²) in [5.41, 5.74) is 0. The molecule has 0 saturated carbocycles. The molecule has 1 aliphatic rings. The summed E-state index contributed by atoms with van der Waals surface area (Å²) >= 11 is 7.72. The van der Waals surface area contributed by atoms with Gasteiger partial charge in [-0.2, -0.15) is 0 Å². The van der Waals surface area contributed by atoms with Crippen LogP contribution in [-0.2, 0) is 9.53 Å². The molecule has 2 rings (SSSR count). The van der Waals surface area contributed by atoms with Crippen LogP contribution in [-0.4, -0.2) is 41.9 Å². The average molecular weight is 314 g/mol. The Labute approximate surface area is 129 Å². The number of carbonyl (C=O) groups excluding carboxylic acids is 1. The zero-order chi connectivity index (χ0) is 14.5. The summed E-state index contributed by atoms with van der Waals surface area (Å²) in [6.07, 6.45) is 0.785. The highest BCUT2D eigenvalue weighted by Gasteiger charge is 2.25. The standard InChI is InChI=1S/C15H20ClNO2S/c1-11-9-17(10-12(2)19-11)15(18)7-8-20-14-6-4-3-5-13(14)16/h3-6,11-12H,7-10H2,1-2H3. The lowest BCUT2D eigenvalue weighted by Gasteiger charge is -2.35. The Hall–Kier alpha value is -0.710. The number of amides is 1. The van der Waals surface area contributed by atoms with Crippen LogP contribution in [0.3, 0.4) is 0 Å². The van der Waals surface area contributed by atoms with Gasteiger partial charge < -0.3 is 9.64 Å². The van der Waals surface area contributed by atoms with Gasteiger partial charge in [0.15, 0.2) is 0 Å². The SMILES string of the molecule is CC1CN(C(=O)CCSc2ccccc2Cl)CC(C)O1. The van der Waals surface area contributed by atoms with E-state index in [9.17, 15) is 4.79 Å². The Kier molecular flexibility index (Phi) is 5.75. The first kappa shape index (κ1) is 15.7. The van der Waals surface area contributed by atoms with Crippen LogP contribution in [0.2, 0.25) is 5.02 Å². The van der Waals surface area contributed by atoms with Crippen LogP contribution in [0, 0.1) is 0 Å². The topological polar surface area (TPSA) is 29.5 Å². The van der Waals surface area contributed by atoms with Gasteiger partial charge in [0, 0.05) is 30.2 Å². The summed E-state index contributed by atoms with van der Waals surface area (Å²) in [7, 11) is 0. The Balaban J connectivity index is 1.79. The summed E-state index contributed by atoms with van der Waals surface area (Å²) < 4.78 is 5.64. The minimum absolute atomic E-state index is 0.124. The van der Waals surface area contributed by atoms with E-state index in [0.29, 0.717) is 19.5 Å². The third-order valence-corrected chi connectivity index (χ3v) is 4.70. The van der Waals surface area contributed by atoms with Crippen LogP contribution in [0.15, 0.2) is 29.2 Å². The third-order valence-electron chi connectivity index (χ3n) is 3.18. The quantitative estimate of drug-likeness (QED) is 0.797. The number of thioether (sulfide) groups is 1. The van der Waals surface area contributed by atoms with Crippen molar-refractivity contribution in [1.82, 2.24) is 4.90 Å². The zero-order valence-corrected chi connectivity index (χ0v) is 13.4. The number of hydrogen-bond acceptors (Lipinski definition) is 3. The number of hydrogen-bond donors (Lipinski definition) is 0. The molecule has 1 fully saturated rings. The van der Waals surface area contributed by atoms with Gasteiger partial charge in [-0.3, -0.25) is 4.79 Å². The van der Waals surface area contributed by atoms with E-state index in [2.05, 4.69) is 0 Å². The lowest BCUT2D eigenvalue weighted by atomic mass is 10.2. The van der Waals surface area contributed by atoms with Crippen LogP contribution in [0.4, 0.5) is 0 Å². The predicted molar refractivity (Wildman–Crippen MR) is 83.4 cm³/mol. The molecule has 0 N–H and O–H groups in total. The van der Waals surface area contributed by atoms with Crippen molar-refractivity contribution < 1.29 is 9.53 Å². The molecule has 0 aromatic heterocycles. The van der Waals surface area contributed by atoms with Crippen molar-refractivity contribution in [3.8, 4) is 0 Å². The average Bonchev–Trinajstić information content (AvgIpc) is 2.39. The van der Waals surface area contributed by atoms with E-state index in [4.69, 9.17) is 16.3 Å². The smallest absolute Gasteiger partial charge is 0.223 e. The van der Waals surface area contributed by atoms with Gasteiger partial charge in [-0.1, -0.05) is 23.7 Å². The van der Waals surface area contributed by atoms with Crippen molar-refractivity contribution in [2.75, 3.05) is 18.8 Å². The minimum Gasteiger partial charge on any atom is -0.372 e. The van der Waals surface area contributed by atoms with Gasteiger partial charge in [0.2, 0.25) is 5.91 Å². The van der Waals surface area contributed by atoms with Crippen molar-refractivity contribution in [3.63, 3.8) is 0 Å². The summed E-state index contributed by atoms with van der Waals surface area (Å²) in [6.45, 7) is 5.41. The number of nitrogens with zero attached hydrogens (tertiary/aromatic N) is 1. The second-order valence-electron chi connectivity index (χ2n) is 5.08. The predicted octanol–water partition coefficient (Wildman–Crippen LogP) is 3.46. The molecule has 1 aromatic rings. The zero-order valence-electron chi connectivity index (χ0n) is 11.8. The number of morpholine rings is 1. The van der Waals surface area contributed by atoms with Gasteiger partial charge in [0.25, 0.3) is 0 Å². The maximum atomic E-state index is 12.2. The Bertz CT molecular complexity index is 459.